The third-order valence-electron chi connectivity index (χ3n) is 3.39. The minimum atomic E-state index is -5.36. The first kappa shape index (κ1) is 20.5. The number of nitrogens with one attached hydrogen (secondary N) is 1. The van der Waals surface area contributed by atoms with Gasteiger partial charge in [-0.1, -0.05) is 0 Å². The van der Waals surface area contributed by atoms with Crippen LogP contribution < -0.4 is 5.32 Å². The van der Waals surface area contributed by atoms with Gasteiger partial charge in [-0.2, -0.15) is 13.2 Å². The lowest BCUT2D eigenvalue weighted by Crippen LogP contribution is -2.68. The number of alkyl halides is 3. The Balaban J connectivity index is 3.13. The molecule has 1 heterocycles. The molecule has 1 amide bonds. The molecule has 0 saturated carbocycles. The number of carboxylic acids is 1. The van der Waals surface area contributed by atoms with Crippen LogP contribution in [0.5, 0.6) is 0 Å². The van der Waals surface area contributed by atoms with E-state index in [9.17, 15) is 43.2 Å². The van der Waals surface area contributed by atoms with Gasteiger partial charge in [-0.15, -0.1) is 0 Å². The summed E-state index contributed by atoms with van der Waals surface area (Å²) in [7, 11) is 0. The van der Waals surface area contributed by atoms with Crippen molar-refractivity contribution >= 4 is 11.9 Å². The topological polar surface area (TPSA) is 177 Å². The maximum Gasteiger partial charge on any atom is 0.471 e. The Morgan fingerprint density at radius 1 is 1.33 bits per heavy atom. The van der Waals surface area contributed by atoms with Gasteiger partial charge in [0.2, 0.25) is 0 Å². The summed E-state index contributed by atoms with van der Waals surface area (Å²) in [6.45, 7) is -1.09. The summed E-state index contributed by atoms with van der Waals surface area (Å²) in [4.78, 5) is 22.0. The van der Waals surface area contributed by atoms with E-state index in [2.05, 4.69) is 4.74 Å². The van der Waals surface area contributed by atoms with Crippen molar-refractivity contribution in [1.82, 2.24) is 5.32 Å². The fraction of sp³-hybridized carbons (Fsp3) is 0.818. The van der Waals surface area contributed by atoms with Crippen LogP contribution in [0.15, 0.2) is 0 Å². The predicted octanol–water partition coefficient (Wildman–Crippen LogP) is -3.33. The van der Waals surface area contributed by atoms with Crippen LogP contribution in [-0.2, 0) is 14.3 Å². The van der Waals surface area contributed by atoms with Crippen molar-refractivity contribution in [2.75, 3.05) is 6.61 Å². The van der Waals surface area contributed by atoms with Crippen molar-refractivity contribution in [1.29, 1.82) is 0 Å². The Morgan fingerprint density at radius 2 is 1.88 bits per heavy atom. The molecule has 0 unspecified atom stereocenters. The van der Waals surface area contributed by atoms with Crippen molar-refractivity contribution in [3.63, 3.8) is 0 Å². The maximum absolute atomic E-state index is 12.3. The molecule has 1 rings (SSSR count). The number of aliphatic carboxylic acids is 1. The van der Waals surface area contributed by atoms with Gasteiger partial charge < -0.3 is 40.7 Å². The van der Waals surface area contributed by atoms with Crippen LogP contribution >= 0.6 is 0 Å². The van der Waals surface area contributed by atoms with Gasteiger partial charge in [-0.25, -0.2) is 4.79 Å². The van der Waals surface area contributed by atoms with E-state index < -0.39 is 67.3 Å². The molecule has 0 aliphatic carbocycles. The number of halogens is 3. The highest BCUT2D eigenvalue weighted by Gasteiger charge is 2.55. The summed E-state index contributed by atoms with van der Waals surface area (Å²) in [6, 6.07) is -2.02. The molecule has 140 valence electrons. The van der Waals surface area contributed by atoms with Crippen LogP contribution in [-0.4, -0.2) is 91.5 Å². The number of hydrogen-bond acceptors (Lipinski definition) is 8. The Kier molecular flexibility index (Phi) is 6.13. The molecular formula is C11H16F3NO9. The van der Waals surface area contributed by atoms with Gasteiger partial charge in [0.05, 0.1) is 18.8 Å². The highest BCUT2D eigenvalue weighted by atomic mass is 19.4. The highest BCUT2D eigenvalue weighted by molar-refractivity contribution is 5.82. The number of carbonyl (C=O) groups excluding carboxylic acids is 1. The first-order valence-corrected chi connectivity index (χ1v) is 6.50. The molecule has 6 atom stereocenters. The van der Waals surface area contributed by atoms with Crippen LogP contribution in [0.25, 0.3) is 0 Å². The van der Waals surface area contributed by atoms with Crippen LogP contribution in [0.4, 0.5) is 13.2 Å². The average Bonchev–Trinajstić information content (AvgIpc) is 2.46. The van der Waals surface area contributed by atoms with E-state index in [1.807, 2.05) is 0 Å². The fourth-order valence-corrected chi connectivity index (χ4v) is 2.13. The molecule has 0 aromatic rings. The van der Waals surface area contributed by atoms with Gasteiger partial charge in [0.25, 0.3) is 5.79 Å². The van der Waals surface area contributed by atoms with Crippen molar-refractivity contribution in [3.05, 3.63) is 0 Å². The third kappa shape index (κ3) is 4.31. The Hall–Kier alpha value is -1.51. The molecule has 13 heteroatoms. The lowest BCUT2D eigenvalue weighted by molar-refractivity contribution is -0.295. The van der Waals surface area contributed by atoms with E-state index in [0.717, 1.165) is 0 Å². The molecule has 24 heavy (non-hydrogen) atoms. The molecule has 0 radical (unpaired) electrons. The minimum absolute atomic E-state index is 1.09. The standard InChI is InChI=1S/C11H16F3NO9/c12-11(13,14)8(20)15-5-3(17)1-10(23,9(21)22)24-7(5)6(19)4(18)2-16/h3-7,16-19,23H,1-2H2,(H,15,20)(H,21,22)/t3-,4+,5+,6+,7+,10+/m0/s1. The number of ether oxygens (including phenoxy) is 1. The SMILES string of the molecule is O=C(N[C@H]1[C@H]([C@H](O)[C@H](O)CO)O[C@@](O)(C(=O)O)C[C@@H]1O)C(F)(F)F. The zero-order chi connectivity index (χ0) is 18.9. The van der Waals surface area contributed by atoms with E-state index in [4.69, 9.17) is 10.2 Å². The second-order valence-electron chi connectivity index (χ2n) is 5.18. The fourth-order valence-electron chi connectivity index (χ4n) is 2.13. The van der Waals surface area contributed by atoms with E-state index in [0.29, 0.717) is 0 Å². The number of aliphatic hydroxyl groups is 5. The monoisotopic (exact) mass is 363 g/mol. The number of aliphatic hydroxyl groups excluding tert-OH is 4. The second kappa shape index (κ2) is 7.16. The minimum Gasteiger partial charge on any atom is -0.477 e. The van der Waals surface area contributed by atoms with E-state index in [-0.39, 0.29) is 0 Å². The van der Waals surface area contributed by atoms with Crippen LogP contribution in [0.3, 0.4) is 0 Å². The molecule has 1 aliphatic heterocycles. The lowest BCUT2D eigenvalue weighted by atomic mass is 9.88. The number of rotatable bonds is 5. The largest absolute Gasteiger partial charge is 0.477 e. The van der Waals surface area contributed by atoms with Crippen LogP contribution in [0.2, 0.25) is 0 Å². The van der Waals surface area contributed by atoms with Crippen molar-refractivity contribution in [2.24, 2.45) is 0 Å². The van der Waals surface area contributed by atoms with Crippen molar-refractivity contribution < 1.29 is 58.1 Å². The molecular weight excluding hydrogens is 347 g/mol. The first-order valence-electron chi connectivity index (χ1n) is 6.50. The maximum atomic E-state index is 12.3. The molecule has 0 bridgehead atoms. The van der Waals surface area contributed by atoms with Crippen molar-refractivity contribution in [2.45, 2.75) is 48.8 Å². The van der Waals surface area contributed by atoms with E-state index in [1.54, 1.807) is 0 Å². The zero-order valence-electron chi connectivity index (χ0n) is 11.8. The predicted molar refractivity (Wildman–Crippen MR) is 65.2 cm³/mol. The molecule has 10 nitrogen and oxygen atoms in total. The molecule has 0 spiro atoms. The van der Waals surface area contributed by atoms with Crippen LogP contribution in [0, 0.1) is 0 Å². The molecule has 7 N–H and O–H groups in total. The molecule has 1 saturated heterocycles. The first-order chi connectivity index (χ1) is 10.8. The summed E-state index contributed by atoms with van der Waals surface area (Å²) < 4.78 is 41.6. The Bertz CT molecular complexity index is 488. The summed E-state index contributed by atoms with van der Waals surface area (Å²) >= 11 is 0. The normalized spacial score (nSPS) is 33.6. The van der Waals surface area contributed by atoms with Gasteiger partial charge in [0.15, 0.2) is 0 Å². The molecule has 0 aromatic heterocycles. The quantitative estimate of drug-likeness (QED) is 0.263. The molecule has 1 fully saturated rings. The smallest absolute Gasteiger partial charge is 0.471 e. The average molecular weight is 363 g/mol. The summed E-state index contributed by atoms with van der Waals surface area (Å²) in [5.74, 6) is -7.62. The highest BCUT2D eigenvalue weighted by Crippen LogP contribution is 2.31. The third-order valence-corrected chi connectivity index (χ3v) is 3.39. The van der Waals surface area contributed by atoms with Gasteiger partial charge in [0, 0.05) is 6.42 Å². The zero-order valence-corrected chi connectivity index (χ0v) is 11.8. The van der Waals surface area contributed by atoms with Gasteiger partial charge >= 0.3 is 18.1 Å². The van der Waals surface area contributed by atoms with Gasteiger partial charge in [-0.3, -0.25) is 4.79 Å². The molecule has 1 aliphatic rings. The summed E-state index contributed by atoms with van der Waals surface area (Å²) in [5, 5.41) is 57.6. The number of carbonyl (C=O) groups is 2. The van der Waals surface area contributed by atoms with E-state index >= 15 is 0 Å². The summed E-state index contributed by atoms with van der Waals surface area (Å²) in [5.41, 5.74) is 0. The second-order valence-corrected chi connectivity index (χ2v) is 5.18. The Labute approximate surface area is 132 Å². The van der Waals surface area contributed by atoms with Gasteiger partial charge in [-0.05, 0) is 0 Å². The van der Waals surface area contributed by atoms with Gasteiger partial charge in [0.1, 0.15) is 18.3 Å². The van der Waals surface area contributed by atoms with Crippen molar-refractivity contribution in [3.8, 4) is 0 Å². The number of hydrogen-bond donors (Lipinski definition) is 7. The summed E-state index contributed by atoms with van der Waals surface area (Å²) in [6.07, 6.45) is -15.0. The Morgan fingerprint density at radius 3 is 2.29 bits per heavy atom. The molecule has 0 aromatic carbocycles. The van der Waals surface area contributed by atoms with Crippen LogP contribution in [0.1, 0.15) is 6.42 Å². The number of amides is 1. The number of carboxylic acid groups (broad SMARTS) is 1. The van der Waals surface area contributed by atoms with E-state index in [1.165, 1.54) is 5.32 Å². The lowest BCUT2D eigenvalue weighted by Gasteiger charge is -2.44.